The second-order valence-corrected chi connectivity index (χ2v) is 8.61. The number of rotatable bonds is 9. The van der Waals surface area contributed by atoms with E-state index in [0.717, 1.165) is 82.2 Å². The number of carbonyl (C=O) groups is 1. The van der Waals surface area contributed by atoms with Gasteiger partial charge in [-0.25, -0.2) is 4.79 Å². The number of nitrogens with zero attached hydrogens (tertiary/aromatic N) is 4. The van der Waals surface area contributed by atoms with Gasteiger partial charge in [-0.05, 0) is 46.0 Å². The van der Waals surface area contributed by atoms with E-state index in [1.807, 2.05) is 23.3 Å². The van der Waals surface area contributed by atoms with Crippen LogP contribution in [0.5, 0.6) is 0 Å². The molecular formula is C21H34N4O3S. The molecule has 0 atom stereocenters. The molecule has 0 unspecified atom stereocenters. The van der Waals surface area contributed by atoms with Gasteiger partial charge in [0.2, 0.25) is 5.91 Å². The molecule has 8 heteroatoms. The summed E-state index contributed by atoms with van der Waals surface area (Å²) in [5.74, 6) is 0.461. The number of amides is 1. The molecule has 0 radical (unpaired) electrons. The predicted octanol–water partition coefficient (Wildman–Crippen LogP) is 1.80. The van der Waals surface area contributed by atoms with Crippen LogP contribution in [0.15, 0.2) is 9.82 Å². The zero-order chi connectivity index (χ0) is 20.6. The van der Waals surface area contributed by atoms with E-state index in [9.17, 15) is 9.59 Å². The Labute approximate surface area is 177 Å². The van der Waals surface area contributed by atoms with Crippen molar-refractivity contribution >= 4 is 17.7 Å². The van der Waals surface area contributed by atoms with E-state index in [0.29, 0.717) is 18.8 Å². The Morgan fingerprint density at radius 1 is 1.14 bits per heavy atom. The summed E-state index contributed by atoms with van der Waals surface area (Å²) in [6.45, 7) is 10.7. The van der Waals surface area contributed by atoms with Gasteiger partial charge in [-0.3, -0.25) is 14.3 Å². The maximum Gasteiger partial charge on any atom is 0.348 e. The third kappa shape index (κ3) is 5.83. The third-order valence-corrected chi connectivity index (χ3v) is 6.86. The fourth-order valence-corrected chi connectivity index (χ4v) is 5.15. The van der Waals surface area contributed by atoms with Crippen LogP contribution >= 0.6 is 11.8 Å². The molecule has 3 rings (SSSR count). The minimum Gasteiger partial charge on any atom is -0.379 e. The maximum absolute atomic E-state index is 12.8. The zero-order valence-electron chi connectivity index (χ0n) is 17.8. The van der Waals surface area contributed by atoms with Gasteiger partial charge in [0.1, 0.15) is 5.03 Å². The van der Waals surface area contributed by atoms with Crippen LogP contribution in [0, 0.1) is 0 Å². The van der Waals surface area contributed by atoms with Gasteiger partial charge in [0.15, 0.2) is 0 Å². The lowest BCUT2D eigenvalue weighted by atomic mass is 9.97. The normalized spacial score (nSPS) is 17.2. The standard InChI is InChI=1S/C21H34N4O3S/c1-3-24(4-2)19(26)16-29-20-17-8-5-6-9-18(17)25(21(27)22-20)11-7-10-23-12-14-28-15-13-23/h3-16H2,1-2H3. The Kier molecular flexibility index (Phi) is 8.56. The number of fused-ring (bicyclic) bond motifs is 1. The highest BCUT2D eigenvalue weighted by molar-refractivity contribution is 7.99. The van der Waals surface area contributed by atoms with Crippen LogP contribution in [-0.2, 0) is 28.9 Å². The number of morpholine rings is 1. The Balaban J connectivity index is 1.69. The van der Waals surface area contributed by atoms with Crippen molar-refractivity contribution in [1.29, 1.82) is 0 Å². The Hall–Kier alpha value is -1.38. The van der Waals surface area contributed by atoms with Gasteiger partial charge in [-0.15, -0.1) is 0 Å². The molecule has 0 aromatic carbocycles. The average Bonchev–Trinajstić information content (AvgIpc) is 2.75. The van der Waals surface area contributed by atoms with Gasteiger partial charge in [-0.2, -0.15) is 4.98 Å². The van der Waals surface area contributed by atoms with Gasteiger partial charge in [0.25, 0.3) is 0 Å². The molecular weight excluding hydrogens is 388 g/mol. The van der Waals surface area contributed by atoms with Crippen molar-refractivity contribution < 1.29 is 9.53 Å². The molecule has 1 aliphatic heterocycles. The molecule has 29 heavy (non-hydrogen) atoms. The molecule has 2 aliphatic rings. The summed E-state index contributed by atoms with van der Waals surface area (Å²) >= 11 is 1.43. The molecule has 1 aliphatic carbocycles. The topological polar surface area (TPSA) is 67.7 Å². The molecule has 0 N–H and O–H groups in total. The summed E-state index contributed by atoms with van der Waals surface area (Å²) in [5, 5.41) is 0.773. The van der Waals surface area contributed by atoms with Crippen molar-refractivity contribution in [3.05, 3.63) is 21.7 Å². The van der Waals surface area contributed by atoms with Crippen LogP contribution in [-0.4, -0.2) is 76.9 Å². The lowest BCUT2D eigenvalue weighted by Crippen LogP contribution is -2.38. The van der Waals surface area contributed by atoms with Crippen molar-refractivity contribution in [3.63, 3.8) is 0 Å². The summed E-state index contributed by atoms with van der Waals surface area (Å²) < 4.78 is 7.30. The second-order valence-electron chi connectivity index (χ2n) is 7.65. The molecule has 1 amide bonds. The van der Waals surface area contributed by atoms with Crippen LogP contribution < -0.4 is 5.69 Å². The van der Waals surface area contributed by atoms with Crippen molar-refractivity contribution in [2.24, 2.45) is 0 Å². The van der Waals surface area contributed by atoms with E-state index in [-0.39, 0.29) is 11.6 Å². The van der Waals surface area contributed by atoms with Crippen LogP contribution in [0.3, 0.4) is 0 Å². The van der Waals surface area contributed by atoms with Crippen LogP contribution in [0.25, 0.3) is 0 Å². The van der Waals surface area contributed by atoms with E-state index in [1.54, 1.807) is 0 Å². The van der Waals surface area contributed by atoms with Gasteiger partial charge in [0.05, 0.1) is 19.0 Å². The van der Waals surface area contributed by atoms with E-state index >= 15 is 0 Å². The van der Waals surface area contributed by atoms with Crippen molar-refractivity contribution in [2.75, 3.05) is 51.7 Å². The van der Waals surface area contributed by atoms with Crippen molar-refractivity contribution in [3.8, 4) is 0 Å². The minimum atomic E-state index is -0.162. The highest BCUT2D eigenvalue weighted by Crippen LogP contribution is 2.28. The van der Waals surface area contributed by atoms with Crippen molar-refractivity contribution in [1.82, 2.24) is 19.4 Å². The van der Waals surface area contributed by atoms with Crippen LogP contribution in [0.2, 0.25) is 0 Å². The molecule has 1 saturated heterocycles. The maximum atomic E-state index is 12.8. The van der Waals surface area contributed by atoms with E-state index in [1.165, 1.54) is 17.3 Å². The predicted molar refractivity (Wildman–Crippen MR) is 116 cm³/mol. The average molecular weight is 423 g/mol. The lowest BCUT2D eigenvalue weighted by Gasteiger charge is -2.27. The quantitative estimate of drug-likeness (QED) is 0.447. The monoisotopic (exact) mass is 422 g/mol. The molecule has 0 bridgehead atoms. The number of ether oxygens (including phenoxy) is 1. The Morgan fingerprint density at radius 3 is 2.59 bits per heavy atom. The zero-order valence-corrected chi connectivity index (χ0v) is 18.6. The molecule has 7 nitrogen and oxygen atoms in total. The first-order valence-electron chi connectivity index (χ1n) is 11.0. The molecule has 162 valence electrons. The highest BCUT2D eigenvalue weighted by atomic mass is 32.2. The number of hydrogen-bond donors (Lipinski definition) is 0. The Morgan fingerprint density at radius 2 is 1.86 bits per heavy atom. The van der Waals surface area contributed by atoms with Crippen molar-refractivity contribution in [2.45, 2.75) is 57.5 Å². The van der Waals surface area contributed by atoms with Gasteiger partial charge < -0.3 is 9.64 Å². The number of aromatic nitrogens is 2. The first-order chi connectivity index (χ1) is 14.1. The van der Waals surface area contributed by atoms with Gasteiger partial charge in [-0.1, -0.05) is 11.8 Å². The molecule has 2 heterocycles. The first-order valence-corrected chi connectivity index (χ1v) is 12.0. The Bertz CT molecular complexity index is 742. The first kappa shape index (κ1) is 22.3. The summed E-state index contributed by atoms with van der Waals surface area (Å²) in [7, 11) is 0. The van der Waals surface area contributed by atoms with E-state index in [2.05, 4.69) is 9.88 Å². The molecule has 0 spiro atoms. The SMILES string of the molecule is CCN(CC)C(=O)CSc1nc(=O)n(CCCN2CCOCC2)c2c1CCCC2. The number of thioether (sulfide) groups is 1. The fourth-order valence-electron chi connectivity index (χ4n) is 4.17. The number of carbonyl (C=O) groups excluding carboxylic acids is 1. The fraction of sp³-hybridized carbons (Fsp3) is 0.762. The van der Waals surface area contributed by atoms with Crippen LogP contribution in [0.4, 0.5) is 0 Å². The summed E-state index contributed by atoms with van der Waals surface area (Å²) in [4.78, 5) is 33.8. The molecule has 1 fully saturated rings. The largest absolute Gasteiger partial charge is 0.379 e. The van der Waals surface area contributed by atoms with E-state index in [4.69, 9.17) is 4.74 Å². The summed E-state index contributed by atoms with van der Waals surface area (Å²) in [5.41, 5.74) is 2.18. The number of hydrogen-bond acceptors (Lipinski definition) is 6. The second kappa shape index (κ2) is 11.1. The van der Waals surface area contributed by atoms with Gasteiger partial charge in [0, 0.05) is 50.5 Å². The highest BCUT2D eigenvalue weighted by Gasteiger charge is 2.22. The third-order valence-electron chi connectivity index (χ3n) is 5.86. The lowest BCUT2D eigenvalue weighted by molar-refractivity contribution is -0.127. The molecule has 1 aromatic heterocycles. The van der Waals surface area contributed by atoms with Crippen LogP contribution in [0.1, 0.15) is 44.4 Å². The smallest absolute Gasteiger partial charge is 0.348 e. The molecule has 1 aromatic rings. The summed E-state index contributed by atoms with van der Waals surface area (Å²) in [6.07, 6.45) is 5.07. The van der Waals surface area contributed by atoms with Gasteiger partial charge >= 0.3 is 5.69 Å². The summed E-state index contributed by atoms with van der Waals surface area (Å²) in [6, 6.07) is 0. The molecule has 0 saturated carbocycles. The minimum absolute atomic E-state index is 0.112. The van der Waals surface area contributed by atoms with E-state index < -0.39 is 0 Å².